The van der Waals surface area contributed by atoms with Crippen molar-refractivity contribution >= 4 is 15.9 Å². The third-order valence-corrected chi connectivity index (χ3v) is 5.85. The van der Waals surface area contributed by atoms with Gasteiger partial charge >= 0.3 is 0 Å². The van der Waals surface area contributed by atoms with E-state index in [2.05, 4.69) is 55.8 Å². The van der Waals surface area contributed by atoms with Crippen molar-refractivity contribution in [2.24, 2.45) is 0 Å². The molecule has 0 spiro atoms. The van der Waals surface area contributed by atoms with Crippen molar-refractivity contribution in [1.29, 1.82) is 0 Å². The van der Waals surface area contributed by atoms with Gasteiger partial charge in [-0.15, -0.1) is 0 Å². The lowest BCUT2D eigenvalue weighted by Gasteiger charge is -2.25. The Bertz CT molecular complexity index is 676. The van der Waals surface area contributed by atoms with E-state index in [1.54, 1.807) is 0 Å². The molecular weight excluding hydrogens is 376 g/mol. The first-order valence-electron chi connectivity index (χ1n) is 9.26. The molecule has 0 aliphatic rings. The van der Waals surface area contributed by atoms with Gasteiger partial charge < -0.3 is 10.2 Å². The van der Waals surface area contributed by atoms with Crippen molar-refractivity contribution in [1.82, 2.24) is 0 Å². The molecule has 0 fully saturated rings. The zero-order chi connectivity index (χ0) is 18.6. The monoisotopic (exact) mass is 404 g/mol. The summed E-state index contributed by atoms with van der Waals surface area (Å²) in [7, 11) is 0. The molecule has 2 rings (SSSR count). The maximum Gasteiger partial charge on any atom is 0.119 e. The molecule has 0 unspecified atom stereocenters. The molecule has 136 valence electrons. The van der Waals surface area contributed by atoms with E-state index in [4.69, 9.17) is 0 Å². The highest BCUT2D eigenvalue weighted by molar-refractivity contribution is 9.09. The summed E-state index contributed by atoms with van der Waals surface area (Å²) in [6, 6.07) is 7.79. The van der Waals surface area contributed by atoms with E-state index in [0.717, 1.165) is 42.1 Å². The van der Waals surface area contributed by atoms with Crippen LogP contribution in [0.4, 0.5) is 0 Å². The quantitative estimate of drug-likeness (QED) is 0.566. The van der Waals surface area contributed by atoms with Crippen molar-refractivity contribution < 1.29 is 10.2 Å². The number of halogens is 1. The van der Waals surface area contributed by atoms with Gasteiger partial charge in [0.2, 0.25) is 0 Å². The van der Waals surface area contributed by atoms with Gasteiger partial charge in [-0.3, -0.25) is 0 Å². The first-order chi connectivity index (χ1) is 12.0. The largest absolute Gasteiger partial charge is 0.508 e. The first kappa shape index (κ1) is 19.8. The summed E-state index contributed by atoms with van der Waals surface area (Å²) in [6.45, 7) is 8.48. The van der Waals surface area contributed by atoms with Gasteiger partial charge in [0, 0.05) is 11.2 Å². The summed E-state index contributed by atoms with van der Waals surface area (Å²) in [6.07, 6.45) is 3.45. The summed E-state index contributed by atoms with van der Waals surface area (Å²) in [5.74, 6) is 1.00. The van der Waals surface area contributed by atoms with Gasteiger partial charge in [0.15, 0.2) is 0 Å². The Morgan fingerprint density at radius 3 is 1.32 bits per heavy atom. The molecule has 0 heterocycles. The van der Waals surface area contributed by atoms with Crippen LogP contribution in [-0.2, 0) is 25.7 Å². The molecule has 0 aromatic heterocycles. The van der Waals surface area contributed by atoms with Crippen molar-refractivity contribution in [2.45, 2.75) is 59.3 Å². The van der Waals surface area contributed by atoms with E-state index >= 15 is 0 Å². The lowest BCUT2D eigenvalue weighted by Crippen LogP contribution is -2.12. The van der Waals surface area contributed by atoms with Crippen LogP contribution in [0.1, 0.15) is 67.0 Å². The fourth-order valence-corrected chi connectivity index (χ4v) is 4.71. The van der Waals surface area contributed by atoms with Crippen LogP contribution >= 0.6 is 15.9 Å². The lowest BCUT2D eigenvalue weighted by atomic mass is 9.81. The van der Waals surface area contributed by atoms with Gasteiger partial charge in [-0.1, -0.05) is 55.8 Å². The second kappa shape index (κ2) is 8.75. The lowest BCUT2D eigenvalue weighted by molar-refractivity contribution is 0.467. The molecule has 0 radical (unpaired) electrons. The molecule has 0 saturated heterocycles. The standard InChI is InChI=1S/C22H29BrO2/c1-5-14-16(7-3)21(24)11-9-18(14)20(13-23)19-10-12-22(25)17(8-4)15(19)6-2/h9-12,20,24-25H,5-8,13H2,1-4H3. The Morgan fingerprint density at radius 1 is 0.680 bits per heavy atom. The smallest absolute Gasteiger partial charge is 0.119 e. The van der Waals surface area contributed by atoms with Gasteiger partial charge in [0.05, 0.1) is 0 Å². The van der Waals surface area contributed by atoms with Gasteiger partial charge in [0.1, 0.15) is 11.5 Å². The summed E-state index contributed by atoms with van der Waals surface area (Å²) in [4.78, 5) is 0. The van der Waals surface area contributed by atoms with E-state index in [-0.39, 0.29) is 5.92 Å². The van der Waals surface area contributed by atoms with Crippen molar-refractivity contribution in [3.63, 3.8) is 0 Å². The molecule has 0 aliphatic carbocycles. The van der Waals surface area contributed by atoms with Crippen LogP contribution in [-0.4, -0.2) is 15.5 Å². The summed E-state index contributed by atoms with van der Waals surface area (Å²) < 4.78 is 0. The number of phenols is 2. The molecule has 25 heavy (non-hydrogen) atoms. The van der Waals surface area contributed by atoms with E-state index in [9.17, 15) is 10.2 Å². The van der Waals surface area contributed by atoms with E-state index < -0.39 is 0 Å². The Hall–Kier alpha value is -1.48. The average Bonchev–Trinajstić information content (AvgIpc) is 2.63. The van der Waals surface area contributed by atoms with Crippen molar-refractivity contribution in [3.05, 3.63) is 57.6 Å². The molecule has 0 atom stereocenters. The molecule has 2 aromatic carbocycles. The minimum Gasteiger partial charge on any atom is -0.508 e. The number of hydrogen-bond donors (Lipinski definition) is 2. The topological polar surface area (TPSA) is 40.5 Å². The van der Waals surface area contributed by atoms with Gasteiger partial charge in [-0.25, -0.2) is 0 Å². The first-order valence-corrected chi connectivity index (χ1v) is 10.4. The van der Waals surface area contributed by atoms with Crippen molar-refractivity contribution in [3.8, 4) is 11.5 Å². The number of rotatable bonds is 7. The molecule has 2 aromatic rings. The number of alkyl halides is 1. The van der Waals surface area contributed by atoms with Crippen LogP contribution in [0, 0.1) is 0 Å². The van der Waals surface area contributed by atoms with Crippen LogP contribution in [0.2, 0.25) is 0 Å². The minimum absolute atomic E-state index is 0.210. The maximum absolute atomic E-state index is 10.2. The zero-order valence-corrected chi connectivity index (χ0v) is 17.3. The third kappa shape index (κ3) is 3.72. The maximum atomic E-state index is 10.2. The molecule has 2 N–H and O–H groups in total. The van der Waals surface area contributed by atoms with Crippen LogP contribution < -0.4 is 0 Å². The van der Waals surface area contributed by atoms with Crippen LogP contribution in [0.15, 0.2) is 24.3 Å². The summed E-state index contributed by atoms with van der Waals surface area (Å²) in [5, 5.41) is 21.3. The highest BCUT2D eigenvalue weighted by atomic mass is 79.9. The highest BCUT2D eigenvalue weighted by Gasteiger charge is 2.23. The van der Waals surface area contributed by atoms with Gasteiger partial charge in [0.25, 0.3) is 0 Å². The second-order valence-corrected chi connectivity index (χ2v) is 7.03. The number of benzene rings is 2. The Kier molecular flexibility index (Phi) is 6.95. The minimum atomic E-state index is 0.210. The zero-order valence-electron chi connectivity index (χ0n) is 15.7. The second-order valence-electron chi connectivity index (χ2n) is 6.38. The molecule has 3 heteroatoms. The molecule has 0 amide bonds. The SMILES string of the molecule is CCc1c(O)ccc(C(CBr)c2ccc(O)c(CC)c2CC)c1CC. The van der Waals surface area contributed by atoms with Crippen LogP contribution in [0.5, 0.6) is 11.5 Å². The molecule has 0 bridgehead atoms. The van der Waals surface area contributed by atoms with Crippen LogP contribution in [0.25, 0.3) is 0 Å². The summed E-state index contributed by atoms with van der Waals surface area (Å²) in [5.41, 5.74) is 7.16. The fourth-order valence-electron chi connectivity index (χ4n) is 4.01. The highest BCUT2D eigenvalue weighted by Crippen LogP contribution is 2.38. The average molecular weight is 405 g/mol. The van der Waals surface area contributed by atoms with Gasteiger partial charge in [-0.2, -0.15) is 0 Å². The molecular formula is C22H29BrO2. The Labute approximate surface area is 160 Å². The predicted octanol–water partition coefficient (Wildman–Crippen LogP) is 5.87. The van der Waals surface area contributed by atoms with E-state index in [1.807, 2.05) is 12.1 Å². The molecule has 0 aliphatic heterocycles. The van der Waals surface area contributed by atoms with E-state index in [1.165, 1.54) is 22.3 Å². The van der Waals surface area contributed by atoms with Gasteiger partial charge in [-0.05, 0) is 71.2 Å². The number of phenolic OH excluding ortho intramolecular Hbond substituents is 2. The predicted molar refractivity (Wildman–Crippen MR) is 109 cm³/mol. The van der Waals surface area contributed by atoms with Crippen LogP contribution in [0.3, 0.4) is 0 Å². The third-order valence-electron chi connectivity index (χ3n) is 5.20. The summed E-state index contributed by atoms with van der Waals surface area (Å²) >= 11 is 3.72. The molecule has 0 saturated carbocycles. The van der Waals surface area contributed by atoms with E-state index in [0.29, 0.717) is 11.5 Å². The normalized spacial score (nSPS) is 11.3. The number of aromatic hydroxyl groups is 2. The Morgan fingerprint density at radius 2 is 1.04 bits per heavy atom. The number of hydrogen-bond acceptors (Lipinski definition) is 2. The fraction of sp³-hybridized carbons (Fsp3) is 0.455. The molecule has 2 nitrogen and oxygen atoms in total. The Balaban J connectivity index is 2.70. The van der Waals surface area contributed by atoms with Crippen molar-refractivity contribution in [2.75, 3.05) is 5.33 Å².